The van der Waals surface area contributed by atoms with Gasteiger partial charge in [0.1, 0.15) is 0 Å². The average molecular weight is 365 g/mol. The van der Waals surface area contributed by atoms with E-state index in [-0.39, 0.29) is 11.8 Å². The Kier molecular flexibility index (Phi) is 18.2. The summed E-state index contributed by atoms with van der Waals surface area (Å²) < 4.78 is 0. The second-order valence-corrected chi connectivity index (χ2v) is 6.04. The van der Waals surface area contributed by atoms with Gasteiger partial charge in [-0.3, -0.25) is 9.59 Å². The molecule has 0 aliphatic carbocycles. The Morgan fingerprint density at radius 2 is 1.50 bits per heavy atom. The maximum atomic E-state index is 12.0. The van der Waals surface area contributed by atoms with Gasteiger partial charge in [0.25, 0.3) is 5.91 Å². The second-order valence-electron chi connectivity index (χ2n) is 6.04. The number of carbonyl (C=O) groups excluding carboxylic acids is 2. The van der Waals surface area contributed by atoms with E-state index >= 15 is 0 Å². The monoisotopic (exact) mass is 364 g/mol. The minimum atomic E-state index is -0.0587. The molecule has 2 N–H and O–H groups in total. The Bertz CT molecular complexity index is 468. The van der Waals surface area contributed by atoms with Gasteiger partial charge < -0.3 is 10.6 Å². The summed E-state index contributed by atoms with van der Waals surface area (Å²) in [5, 5.41) is 5.75. The Morgan fingerprint density at radius 1 is 0.923 bits per heavy atom. The van der Waals surface area contributed by atoms with Crippen LogP contribution in [0.15, 0.2) is 24.3 Å². The molecule has 0 fully saturated rings. The number of unbranched alkanes of at least 4 members (excludes halogenated alkanes) is 3. The van der Waals surface area contributed by atoms with Crippen LogP contribution in [0.1, 0.15) is 90.9 Å². The largest absolute Gasteiger partial charge is 0.352 e. The van der Waals surface area contributed by atoms with Crippen LogP contribution in [0.25, 0.3) is 0 Å². The predicted molar refractivity (Wildman–Crippen MR) is 114 cm³/mol. The number of carbonyl (C=O) groups is 2. The van der Waals surface area contributed by atoms with Gasteiger partial charge in [-0.05, 0) is 36.6 Å². The normalized spacial score (nSPS) is 9.38. The van der Waals surface area contributed by atoms with Crippen molar-refractivity contribution in [3.63, 3.8) is 0 Å². The molecule has 0 atom stereocenters. The fraction of sp³-hybridized carbons (Fsp3) is 0.636. The van der Waals surface area contributed by atoms with Crippen molar-refractivity contribution in [1.82, 2.24) is 5.32 Å². The lowest BCUT2D eigenvalue weighted by atomic mass is 10.1. The predicted octanol–water partition coefficient (Wildman–Crippen LogP) is 6.03. The lowest BCUT2D eigenvalue weighted by molar-refractivity contribution is -0.116. The van der Waals surface area contributed by atoms with Crippen molar-refractivity contribution in [1.29, 1.82) is 0 Å². The highest BCUT2D eigenvalue weighted by atomic mass is 16.2. The molecular formula is C22H40N2O2. The molecule has 1 rings (SSSR count). The molecule has 26 heavy (non-hydrogen) atoms. The summed E-state index contributed by atoms with van der Waals surface area (Å²) in [5.74, 6) is 0.275. The van der Waals surface area contributed by atoms with E-state index in [4.69, 9.17) is 0 Å². The summed E-state index contributed by atoms with van der Waals surface area (Å²) in [6.07, 6.45) is 5.07. The molecule has 4 nitrogen and oxygen atoms in total. The Balaban J connectivity index is 0. The first-order valence-corrected chi connectivity index (χ1v) is 10.2. The van der Waals surface area contributed by atoms with Crippen LogP contribution in [-0.2, 0) is 4.79 Å². The number of nitrogens with one attached hydrogen (secondary N) is 2. The molecule has 2 amide bonds. The molecule has 0 unspecified atom stereocenters. The molecule has 0 aliphatic rings. The highest BCUT2D eigenvalue weighted by Gasteiger charge is 2.07. The SMILES string of the molecule is CC.CC.CCCCCCNC(=O)c1ccc(NC(=O)CC(C)C)cc1. The first kappa shape index (κ1) is 26.4. The molecule has 150 valence electrons. The van der Waals surface area contributed by atoms with Crippen LogP contribution in [0.5, 0.6) is 0 Å². The van der Waals surface area contributed by atoms with Gasteiger partial charge in [-0.1, -0.05) is 67.7 Å². The number of anilines is 1. The number of benzene rings is 1. The number of amides is 2. The van der Waals surface area contributed by atoms with Crippen molar-refractivity contribution in [2.75, 3.05) is 11.9 Å². The van der Waals surface area contributed by atoms with Gasteiger partial charge in [0.05, 0.1) is 0 Å². The summed E-state index contributed by atoms with van der Waals surface area (Å²) in [4.78, 5) is 23.6. The van der Waals surface area contributed by atoms with Crippen LogP contribution in [-0.4, -0.2) is 18.4 Å². The molecule has 0 aliphatic heterocycles. The van der Waals surface area contributed by atoms with E-state index in [2.05, 4.69) is 17.6 Å². The minimum absolute atomic E-state index is 0.00289. The van der Waals surface area contributed by atoms with Crippen molar-refractivity contribution in [3.8, 4) is 0 Å². The lowest BCUT2D eigenvalue weighted by Gasteiger charge is -2.08. The van der Waals surface area contributed by atoms with Crippen LogP contribution in [0, 0.1) is 5.92 Å². The van der Waals surface area contributed by atoms with Crippen LogP contribution >= 0.6 is 0 Å². The van der Waals surface area contributed by atoms with Crippen molar-refractivity contribution < 1.29 is 9.59 Å². The van der Waals surface area contributed by atoms with Crippen molar-refractivity contribution in [3.05, 3.63) is 29.8 Å². The third-order valence-electron chi connectivity index (χ3n) is 3.34. The van der Waals surface area contributed by atoms with E-state index in [1.807, 2.05) is 41.5 Å². The lowest BCUT2D eigenvalue weighted by Crippen LogP contribution is -2.24. The van der Waals surface area contributed by atoms with Gasteiger partial charge >= 0.3 is 0 Å². The van der Waals surface area contributed by atoms with Crippen LogP contribution in [0.4, 0.5) is 5.69 Å². The first-order chi connectivity index (χ1) is 12.5. The van der Waals surface area contributed by atoms with Gasteiger partial charge in [-0.2, -0.15) is 0 Å². The Morgan fingerprint density at radius 3 is 2.00 bits per heavy atom. The number of hydrogen-bond donors (Lipinski definition) is 2. The molecule has 0 aromatic heterocycles. The van der Waals surface area contributed by atoms with Gasteiger partial charge in [0, 0.05) is 24.2 Å². The fourth-order valence-electron chi connectivity index (χ4n) is 2.14. The van der Waals surface area contributed by atoms with Crippen molar-refractivity contribution in [2.45, 2.75) is 80.6 Å². The minimum Gasteiger partial charge on any atom is -0.352 e. The van der Waals surface area contributed by atoms with Gasteiger partial charge in [-0.25, -0.2) is 0 Å². The van der Waals surface area contributed by atoms with Crippen LogP contribution in [0.2, 0.25) is 0 Å². The topological polar surface area (TPSA) is 58.2 Å². The van der Waals surface area contributed by atoms with E-state index in [1.54, 1.807) is 24.3 Å². The van der Waals surface area contributed by atoms with Crippen molar-refractivity contribution in [2.24, 2.45) is 5.92 Å². The molecule has 1 aromatic rings. The zero-order valence-corrected chi connectivity index (χ0v) is 17.9. The van der Waals surface area contributed by atoms with Crippen LogP contribution in [0.3, 0.4) is 0 Å². The number of rotatable bonds is 9. The average Bonchev–Trinajstić information content (AvgIpc) is 2.64. The molecule has 4 heteroatoms. The summed E-state index contributed by atoms with van der Waals surface area (Å²) in [6, 6.07) is 7.02. The molecule has 0 saturated carbocycles. The van der Waals surface area contributed by atoms with E-state index in [0.717, 1.165) is 18.5 Å². The zero-order valence-electron chi connectivity index (χ0n) is 17.9. The summed E-state index contributed by atoms with van der Waals surface area (Å²) in [7, 11) is 0. The zero-order chi connectivity index (χ0) is 20.4. The summed E-state index contributed by atoms with van der Waals surface area (Å²) in [5.41, 5.74) is 1.35. The van der Waals surface area contributed by atoms with Crippen LogP contribution < -0.4 is 10.6 Å². The summed E-state index contributed by atoms with van der Waals surface area (Å²) >= 11 is 0. The Hall–Kier alpha value is -1.84. The molecule has 0 spiro atoms. The molecule has 0 radical (unpaired) electrons. The summed E-state index contributed by atoms with van der Waals surface area (Å²) in [6.45, 7) is 14.9. The third-order valence-corrected chi connectivity index (χ3v) is 3.34. The van der Waals surface area contributed by atoms with Gasteiger partial charge in [0.2, 0.25) is 5.91 Å². The third kappa shape index (κ3) is 13.5. The quantitative estimate of drug-likeness (QED) is 0.525. The van der Waals surface area contributed by atoms with E-state index in [0.29, 0.717) is 24.4 Å². The maximum Gasteiger partial charge on any atom is 0.251 e. The molecule has 0 bridgehead atoms. The van der Waals surface area contributed by atoms with Gasteiger partial charge in [0.15, 0.2) is 0 Å². The highest BCUT2D eigenvalue weighted by Crippen LogP contribution is 2.11. The standard InChI is InChI=1S/C18H28N2O2.2C2H6/c1-4-5-6-7-12-19-18(22)15-8-10-16(11-9-15)20-17(21)13-14(2)3;2*1-2/h8-11,14H,4-7,12-13H2,1-3H3,(H,19,22)(H,20,21);2*1-2H3. The molecule has 1 aromatic carbocycles. The molecule has 0 saturated heterocycles. The van der Waals surface area contributed by atoms with E-state index in [9.17, 15) is 9.59 Å². The van der Waals surface area contributed by atoms with E-state index < -0.39 is 0 Å². The molecule has 0 heterocycles. The highest BCUT2D eigenvalue weighted by molar-refractivity contribution is 5.95. The maximum absolute atomic E-state index is 12.0. The molecular weight excluding hydrogens is 324 g/mol. The van der Waals surface area contributed by atoms with Crippen molar-refractivity contribution >= 4 is 17.5 Å². The second kappa shape index (κ2) is 18.0. The smallest absolute Gasteiger partial charge is 0.251 e. The fourth-order valence-corrected chi connectivity index (χ4v) is 2.14. The Labute approximate surface area is 161 Å². The first-order valence-electron chi connectivity index (χ1n) is 10.2. The van der Waals surface area contributed by atoms with Gasteiger partial charge in [-0.15, -0.1) is 0 Å². The number of hydrogen-bond acceptors (Lipinski definition) is 2. The van der Waals surface area contributed by atoms with E-state index in [1.165, 1.54) is 12.8 Å².